The molecule has 0 radical (unpaired) electrons. The molecule has 0 aromatic heterocycles. The van der Waals surface area contributed by atoms with Crippen molar-refractivity contribution in [1.82, 2.24) is 4.72 Å². The molecule has 0 aliphatic carbocycles. The van der Waals surface area contributed by atoms with Gasteiger partial charge in [-0.2, -0.15) is 0 Å². The summed E-state index contributed by atoms with van der Waals surface area (Å²) in [6.07, 6.45) is 0.744. The number of sulfonamides is 1. The highest BCUT2D eigenvalue weighted by Crippen LogP contribution is 1.99. The first-order valence-corrected chi connectivity index (χ1v) is 6.21. The second kappa shape index (κ2) is 6.59. The predicted molar refractivity (Wildman–Crippen MR) is 53.6 cm³/mol. The van der Waals surface area contributed by atoms with Gasteiger partial charge in [0, 0.05) is 19.0 Å². The summed E-state index contributed by atoms with van der Waals surface area (Å²) in [7, 11) is -1.74. The quantitative estimate of drug-likeness (QED) is 0.650. The van der Waals surface area contributed by atoms with E-state index >= 15 is 0 Å². The molecule has 0 aliphatic rings. The van der Waals surface area contributed by atoms with Crippen molar-refractivity contribution in [2.75, 3.05) is 26.0 Å². The summed E-state index contributed by atoms with van der Waals surface area (Å²) in [5, 5.41) is -0.141. The highest BCUT2D eigenvalue weighted by Gasteiger charge is 2.11. The highest BCUT2D eigenvalue weighted by atomic mass is 35.5. The molecule has 4 nitrogen and oxygen atoms in total. The summed E-state index contributed by atoms with van der Waals surface area (Å²) >= 11 is 5.75. The molecular formula is C7H16ClNO3S. The van der Waals surface area contributed by atoms with E-state index in [1.54, 1.807) is 0 Å². The van der Waals surface area contributed by atoms with Crippen LogP contribution in [0.15, 0.2) is 0 Å². The summed E-state index contributed by atoms with van der Waals surface area (Å²) in [6.45, 7) is 2.39. The second-order valence-corrected chi connectivity index (χ2v) is 5.21. The van der Waals surface area contributed by atoms with Gasteiger partial charge in [-0.25, -0.2) is 13.1 Å². The standard InChI is InChI=1S/C7H16ClNO3S/c1-3-7(8)6-9-13(10,11)5-4-12-2/h7,9H,3-6H2,1-2H3. The SMILES string of the molecule is CCC(Cl)CNS(=O)(=O)CCOC. The van der Waals surface area contributed by atoms with Crippen LogP contribution in [-0.2, 0) is 14.8 Å². The molecule has 0 saturated carbocycles. The Labute approximate surface area is 84.7 Å². The van der Waals surface area contributed by atoms with Crippen LogP contribution in [0.25, 0.3) is 0 Å². The van der Waals surface area contributed by atoms with E-state index in [0.717, 1.165) is 6.42 Å². The van der Waals surface area contributed by atoms with Gasteiger partial charge in [-0.1, -0.05) is 6.92 Å². The van der Waals surface area contributed by atoms with Crippen molar-refractivity contribution in [3.63, 3.8) is 0 Å². The molecule has 13 heavy (non-hydrogen) atoms. The van der Waals surface area contributed by atoms with Crippen molar-refractivity contribution in [2.24, 2.45) is 0 Å². The highest BCUT2D eigenvalue weighted by molar-refractivity contribution is 7.89. The van der Waals surface area contributed by atoms with Crippen molar-refractivity contribution in [1.29, 1.82) is 0 Å². The van der Waals surface area contributed by atoms with Crippen LogP contribution in [0.4, 0.5) is 0 Å². The average Bonchev–Trinajstić information content (AvgIpc) is 2.11. The predicted octanol–water partition coefficient (Wildman–Crippen LogP) is 0.570. The fourth-order valence-electron chi connectivity index (χ4n) is 0.627. The van der Waals surface area contributed by atoms with Crippen LogP contribution < -0.4 is 4.72 Å². The lowest BCUT2D eigenvalue weighted by atomic mass is 10.3. The third-order valence-corrected chi connectivity index (χ3v) is 3.30. The van der Waals surface area contributed by atoms with Crippen LogP contribution in [0.3, 0.4) is 0 Å². The molecule has 0 bridgehead atoms. The van der Waals surface area contributed by atoms with E-state index in [1.165, 1.54) is 7.11 Å². The molecule has 0 amide bonds. The Morgan fingerprint density at radius 3 is 2.62 bits per heavy atom. The lowest BCUT2D eigenvalue weighted by molar-refractivity contribution is 0.217. The number of halogens is 1. The Bertz CT molecular complexity index is 218. The third-order valence-electron chi connectivity index (χ3n) is 1.52. The first kappa shape index (κ1) is 13.2. The van der Waals surface area contributed by atoms with E-state index in [2.05, 4.69) is 9.46 Å². The van der Waals surface area contributed by atoms with Gasteiger partial charge in [0.1, 0.15) is 0 Å². The molecule has 0 heterocycles. The molecule has 1 unspecified atom stereocenters. The maximum absolute atomic E-state index is 11.2. The molecule has 0 rings (SSSR count). The summed E-state index contributed by atoms with van der Waals surface area (Å²) < 4.78 is 29.4. The number of hydrogen-bond donors (Lipinski definition) is 1. The van der Waals surface area contributed by atoms with Gasteiger partial charge in [0.25, 0.3) is 0 Å². The van der Waals surface area contributed by atoms with Crippen molar-refractivity contribution in [3.8, 4) is 0 Å². The molecule has 0 spiro atoms. The van der Waals surface area contributed by atoms with Crippen LogP contribution in [0.2, 0.25) is 0 Å². The second-order valence-electron chi connectivity index (χ2n) is 2.67. The summed E-state index contributed by atoms with van der Waals surface area (Å²) in [5.41, 5.74) is 0. The number of rotatable bonds is 7. The number of ether oxygens (including phenoxy) is 1. The van der Waals surface area contributed by atoms with Crippen LogP contribution in [-0.4, -0.2) is 39.8 Å². The third kappa shape index (κ3) is 7.25. The van der Waals surface area contributed by atoms with Gasteiger partial charge >= 0.3 is 0 Å². The molecule has 0 aliphatic heterocycles. The first-order valence-electron chi connectivity index (χ1n) is 4.12. The van der Waals surface area contributed by atoms with E-state index in [-0.39, 0.29) is 24.3 Å². The Kier molecular flexibility index (Phi) is 6.67. The normalized spacial score (nSPS) is 14.4. The van der Waals surface area contributed by atoms with E-state index in [0.29, 0.717) is 0 Å². The van der Waals surface area contributed by atoms with Crippen molar-refractivity contribution >= 4 is 21.6 Å². The summed E-state index contributed by atoms with van der Waals surface area (Å²) in [4.78, 5) is 0. The van der Waals surface area contributed by atoms with Crippen LogP contribution in [0, 0.1) is 0 Å². The molecule has 6 heteroatoms. The largest absolute Gasteiger partial charge is 0.384 e. The molecule has 0 fully saturated rings. The first-order chi connectivity index (χ1) is 6.02. The Hall–Kier alpha value is 0.160. The number of alkyl halides is 1. The Balaban J connectivity index is 3.76. The molecule has 1 N–H and O–H groups in total. The van der Waals surface area contributed by atoms with E-state index in [1.807, 2.05) is 6.92 Å². The van der Waals surface area contributed by atoms with Gasteiger partial charge in [0.2, 0.25) is 10.0 Å². The minimum Gasteiger partial charge on any atom is -0.384 e. The fourth-order valence-corrected chi connectivity index (χ4v) is 1.78. The van der Waals surface area contributed by atoms with E-state index in [9.17, 15) is 8.42 Å². The zero-order valence-corrected chi connectivity index (χ0v) is 9.49. The number of nitrogens with one attached hydrogen (secondary N) is 1. The zero-order valence-electron chi connectivity index (χ0n) is 7.92. The van der Waals surface area contributed by atoms with Gasteiger partial charge in [-0.15, -0.1) is 11.6 Å². The molecular weight excluding hydrogens is 214 g/mol. The fraction of sp³-hybridized carbons (Fsp3) is 1.00. The molecule has 1 atom stereocenters. The molecule has 0 aromatic carbocycles. The minimum absolute atomic E-state index is 0.0170. The van der Waals surface area contributed by atoms with Crippen LogP contribution >= 0.6 is 11.6 Å². The van der Waals surface area contributed by atoms with Crippen molar-refractivity contribution < 1.29 is 13.2 Å². The minimum atomic E-state index is -3.21. The monoisotopic (exact) mass is 229 g/mol. The number of hydrogen-bond acceptors (Lipinski definition) is 3. The van der Waals surface area contributed by atoms with Crippen molar-refractivity contribution in [2.45, 2.75) is 18.7 Å². The van der Waals surface area contributed by atoms with Crippen molar-refractivity contribution in [3.05, 3.63) is 0 Å². The van der Waals surface area contributed by atoms with Gasteiger partial charge in [-0.05, 0) is 6.42 Å². The molecule has 0 saturated heterocycles. The smallest absolute Gasteiger partial charge is 0.213 e. The van der Waals surface area contributed by atoms with Gasteiger partial charge in [-0.3, -0.25) is 0 Å². The maximum Gasteiger partial charge on any atom is 0.213 e. The molecule has 80 valence electrons. The van der Waals surface area contributed by atoms with Crippen LogP contribution in [0.1, 0.15) is 13.3 Å². The average molecular weight is 230 g/mol. The number of methoxy groups -OCH3 is 1. The topological polar surface area (TPSA) is 55.4 Å². The van der Waals surface area contributed by atoms with Gasteiger partial charge in [0.05, 0.1) is 12.4 Å². The lowest BCUT2D eigenvalue weighted by Gasteiger charge is -2.08. The lowest BCUT2D eigenvalue weighted by Crippen LogP contribution is -2.32. The maximum atomic E-state index is 11.2. The zero-order chi connectivity index (χ0) is 10.3. The van der Waals surface area contributed by atoms with Gasteiger partial charge in [0.15, 0.2) is 0 Å². The van der Waals surface area contributed by atoms with E-state index in [4.69, 9.17) is 11.6 Å². The molecule has 0 aromatic rings. The Morgan fingerprint density at radius 2 is 2.15 bits per heavy atom. The van der Waals surface area contributed by atoms with Crippen LogP contribution in [0.5, 0.6) is 0 Å². The van der Waals surface area contributed by atoms with E-state index < -0.39 is 10.0 Å². The van der Waals surface area contributed by atoms with Gasteiger partial charge < -0.3 is 4.74 Å². The Morgan fingerprint density at radius 1 is 1.54 bits per heavy atom. The summed E-state index contributed by atoms with van der Waals surface area (Å²) in [5.74, 6) is -0.0170. The summed E-state index contributed by atoms with van der Waals surface area (Å²) in [6, 6.07) is 0.